The molecule has 1 aliphatic rings. The van der Waals surface area contributed by atoms with Gasteiger partial charge in [0.15, 0.2) is 0 Å². The minimum atomic E-state index is 0.690. The number of rotatable bonds is 3. The Labute approximate surface area is 107 Å². The first-order valence-electron chi connectivity index (χ1n) is 6.45. The molecule has 4 nitrogen and oxygen atoms in total. The van der Waals surface area contributed by atoms with Crippen molar-refractivity contribution in [3.05, 3.63) is 30.4 Å². The number of fused-ring (bicyclic) bond motifs is 1. The van der Waals surface area contributed by atoms with Crippen LogP contribution in [0.5, 0.6) is 5.75 Å². The van der Waals surface area contributed by atoms with E-state index in [-0.39, 0.29) is 0 Å². The van der Waals surface area contributed by atoms with E-state index in [1.807, 2.05) is 18.3 Å². The zero-order chi connectivity index (χ0) is 12.4. The molecule has 0 radical (unpaired) electrons. The first-order valence-corrected chi connectivity index (χ1v) is 6.45. The number of hydrogen-bond donors (Lipinski definition) is 0. The molecule has 1 aliphatic heterocycles. The summed E-state index contributed by atoms with van der Waals surface area (Å²) in [5, 5.41) is 0. The minimum Gasteiger partial charge on any atom is -0.494 e. The van der Waals surface area contributed by atoms with E-state index in [2.05, 4.69) is 15.6 Å². The second kappa shape index (κ2) is 4.98. The van der Waals surface area contributed by atoms with Gasteiger partial charge in [-0.05, 0) is 30.9 Å². The van der Waals surface area contributed by atoms with Gasteiger partial charge in [0.05, 0.1) is 13.3 Å². The van der Waals surface area contributed by atoms with E-state index in [1.165, 1.54) is 0 Å². The number of pyridine rings is 1. The average Bonchev–Trinajstić information content (AvgIpc) is 2.83. The van der Waals surface area contributed by atoms with Crippen LogP contribution in [0.4, 0.5) is 0 Å². The van der Waals surface area contributed by atoms with Gasteiger partial charge in [0, 0.05) is 25.8 Å². The molecule has 2 aromatic heterocycles. The Hall–Kier alpha value is -1.55. The maximum Gasteiger partial charge on any atom is 0.144 e. The maximum atomic E-state index is 5.40. The molecule has 96 valence electrons. The topological polar surface area (TPSA) is 35.8 Å². The summed E-state index contributed by atoms with van der Waals surface area (Å²) in [6.45, 7) is 1.77. The van der Waals surface area contributed by atoms with Crippen LogP contribution in [0.15, 0.2) is 24.5 Å². The van der Waals surface area contributed by atoms with Gasteiger partial charge in [0.25, 0.3) is 0 Å². The highest BCUT2D eigenvalue weighted by Crippen LogP contribution is 2.23. The lowest BCUT2D eigenvalue weighted by Gasteiger charge is -2.21. The Morgan fingerprint density at radius 1 is 1.44 bits per heavy atom. The van der Waals surface area contributed by atoms with Gasteiger partial charge in [-0.1, -0.05) is 0 Å². The molecule has 1 saturated heterocycles. The monoisotopic (exact) mass is 246 g/mol. The zero-order valence-corrected chi connectivity index (χ0v) is 10.6. The highest BCUT2D eigenvalue weighted by Gasteiger charge is 2.17. The molecular formula is C14H18N2O2. The van der Waals surface area contributed by atoms with Crippen molar-refractivity contribution in [3.8, 4) is 5.75 Å². The van der Waals surface area contributed by atoms with E-state index >= 15 is 0 Å². The number of nitrogens with zero attached hydrogens (tertiary/aromatic N) is 2. The quantitative estimate of drug-likeness (QED) is 0.833. The molecule has 0 spiro atoms. The number of imidazole rings is 1. The van der Waals surface area contributed by atoms with Crippen molar-refractivity contribution >= 4 is 5.52 Å². The van der Waals surface area contributed by atoms with Crippen molar-refractivity contribution in [1.29, 1.82) is 0 Å². The first-order chi connectivity index (χ1) is 8.88. The van der Waals surface area contributed by atoms with Crippen LogP contribution in [-0.4, -0.2) is 29.7 Å². The van der Waals surface area contributed by atoms with Crippen LogP contribution in [0.3, 0.4) is 0 Å². The summed E-state index contributed by atoms with van der Waals surface area (Å²) in [7, 11) is 1.69. The molecule has 2 aromatic rings. The van der Waals surface area contributed by atoms with E-state index in [0.717, 1.165) is 49.6 Å². The Morgan fingerprint density at radius 2 is 2.28 bits per heavy atom. The number of methoxy groups -OCH3 is 1. The van der Waals surface area contributed by atoms with Gasteiger partial charge in [0.1, 0.15) is 17.1 Å². The van der Waals surface area contributed by atoms with Gasteiger partial charge in [-0.2, -0.15) is 0 Å². The Bertz CT molecular complexity index is 530. The van der Waals surface area contributed by atoms with E-state index in [0.29, 0.717) is 5.92 Å². The van der Waals surface area contributed by atoms with E-state index in [9.17, 15) is 0 Å². The molecule has 0 saturated carbocycles. The lowest BCUT2D eigenvalue weighted by Crippen LogP contribution is -2.18. The summed E-state index contributed by atoms with van der Waals surface area (Å²) in [6.07, 6.45) is 7.25. The summed E-state index contributed by atoms with van der Waals surface area (Å²) in [5.41, 5.74) is 1.04. The SMILES string of the molecule is COc1cccn2c(CC3CCOCC3)ncc12. The van der Waals surface area contributed by atoms with Crippen LogP contribution in [0, 0.1) is 5.92 Å². The van der Waals surface area contributed by atoms with Gasteiger partial charge in [-0.3, -0.25) is 0 Å². The smallest absolute Gasteiger partial charge is 0.144 e. The van der Waals surface area contributed by atoms with Gasteiger partial charge < -0.3 is 13.9 Å². The lowest BCUT2D eigenvalue weighted by atomic mass is 9.96. The summed E-state index contributed by atoms with van der Waals surface area (Å²) in [6, 6.07) is 3.97. The van der Waals surface area contributed by atoms with Crippen molar-refractivity contribution in [2.24, 2.45) is 5.92 Å². The first kappa shape index (κ1) is 11.5. The second-order valence-corrected chi connectivity index (χ2v) is 4.77. The summed E-state index contributed by atoms with van der Waals surface area (Å²) >= 11 is 0. The fraction of sp³-hybridized carbons (Fsp3) is 0.500. The highest BCUT2D eigenvalue weighted by molar-refractivity contribution is 5.59. The van der Waals surface area contributed by atoms with Gasteiger partial charge in [-0.25, -0.2) is 4.98 Å². The molecule has 4 heteroatoms. The molecule has 0 aromatic carbocycles. The Kier molecular flexibility index (Phi) is 3.19. The molecule has 0 unspecified atom stereocenters. The third-order valence-electron chi connectivity index (χ3n) is 3.64. The molecule has 18 heavy (non-hydrogen) atoms. The van der Waals surface area contributed by atoms with Crippen molar-refractivity contribution in [2.75, 3.05) is 20.3 Å². The average molecular weight is 246 g/mol. The van der Waals surface area contributed by atoms with E-state index in [1.54, 1.807) is 7.11 Å². The van der Waals surface area contributed by atoms with Gasteiger partial charge >= 0.3 is 0 Å². The van der Waals surface area contributed by atoms with Crippen LogP contribution in [0.25, 0.3) is 5.52 Å². The van der Waals surface area contributed by atoms with E-state index in [4.69, 9.17) is 9.47 Å². The van der Waals surface area contributed by atoms with Gasteiger partial charge in [-0.15, -0.1) is 0 Å². The van der Waals surface area contributed by atoms with Crippen LogP contribution >= 0.6 is 0 Å². The predicted octanol–water partition coefficient (Wildman–Crippen LogP) is 2.31. The molecule has 0 bridgehead atoms. The fourth-order valence-electron chi connectivity index (χ4n) is 2.58. The number of aromatic nitrogens is 2. The molecule has 0 amide bonds. The second-order valence-electron chi connectivity index (χ2n) is 4.77. The molecular weight excluding hydrogens is 228 g/mol. The third-order valence-corrected chi connectivity index (χ3v) is 3.64. The number of hydrogen-bond acceptors (Lipinski definition) is 3. The predicted molar refractivity (Wildman–Crippen MR) is 69.0 cm³/mol. The summed E-state index contributed by atoms with van der Waals surface area (Å²) < 4.78 is 12.9. The maximum absolute atomic E-state index is 5.40. The van der Waals surface area contributed by atoms with Crippen LogP contribution in [-0.2, 0) is 11.2 Å². The summed E-state index contributed by atoms with van der Waals surface area (Å²) in [5.74, 6) is 2.69. The van der Waals surface area contributed by atoms with Crippen LogP contribution in [0.2, 0.25) is 0 Å². The lowest BCUT2D eigenvalue weighted by molar-refractivity contribution is 0.0659. The van der Waals surface area contributed by atoms with E-state index < -0.39 is 0 Å². The molecule has 0 N–H and O–H groups in total. The molecule has 3 heterocycles. The van der Waals surface area contributed by atoms with Crippen molar-refractivity contribution in [2.45, 2.75) is 19.3 Å². The molecule has 3 rings (SSSR count). The Balaban J connectivity index is 1.88. The third kappa shape index (κ3) is 2.08. The normalized spacial score (nSPS) is 17.2. The Morgan fingerprint density at radius 3 is 3.06 bits per heavy atom. The molecule has 1 fully saturated rings. The largest absolute Gasteiger partial charge is 0.494 e. The molecule has 0 atom stereocenters. The van der Waals surface area contributed by atoms with Gasteiger partial charge in [0.2, 0.25) is 0 Å². The van der Waals surface area contributed by atoms with Crippen molar-refractivity contribution < 1.29 is 9.47 Å². The van der Waals surface area contributed by atoms with Crippen LogP contribution in [0.1, 0.15) is 18.7 Å². The molecule has 0 aliphatic carbocycles. The van der Waals surface area contributed by atoms with Crippen molar-refractivity contribution in [1.82, 2.24) is 9.38 Å². The standard InChI is InChI=1S/C14H18N2O2/c1-17-13-3-2-6-16-12(13)10-15-14(16)9-11-4-7-18-8-5-11/h2-3,6,10-11H,4-5,7-9H2,1H3. The summed E-state index contributed by atoms with van der Waals surface area (Å²) in [4.78, 5) is 4.54. The highest BCUT2D eigenvalue weighted by atomic mass is 16.5. The van der Waals surface area contributed by atoms with Crippen molar-refractivity contribution in [3.63, 3.8) is 0 Å². The van der Waals surface area contributed by atoms with Crippen LogP contribution < -0.4 is 4.74 Å². The minimum absolute atomic E-state index is 0.690. The number of ether oxygens (including phenoxy) is 2. The fourth-order valence-corrected chi connectivity index (χ4v) is 2.58. The zero-order valence-electron chi connectivity index (χ0n) is 10.6.